The standard InChI is InChI=1S/C20H28N2O4/c1-4-26-20(25)22-11-9-17(10-12-22)21-19(24)8-7-18(23)16-6-5-14(2)15(3)13-16/h5-6,13,17H,4,7-12H2,1-3H3,(H,21,24). The molecule has 1 aliphatic heterocycles. The van der Waals surface area contributed by atoms with Crippen LogP contribution in [0.5, 0.6) is 0 Å². The van der Waals surface area contributed by atoms with Gasteiger partial charge in [0, 0.05) is 37.5 Å². The number of nitrogens with zero attached hydrogens (tertiary/aromatic N) is 1. The van der Waals surface area contributed by atoms with Gasteiger partial charge in [-0.25, -0.2) is 4.79 Å². The summed E-state index contributed by atoms with van der Waals surface area (Å²) in [6.45, 7) is 7.27. The van der Waals surface area contributed by atoms with Crippen LogP contribution < -0.4 is 5.32 Å². The minimum atomic E-state index is -0.295. The highest BCUT2D eigenvalue weighted by Crippen LogP contribution is 2.14. The Balaban J connectivity index is 1.73. The summed E-state index contributed by atoms with van der Waals surface area (Å²) in [6.07, 6.45) is 1.50. The molecule has 0 aromatic heterocycles. The Bertz CT molecular complexity index is 664. The van der Waals surface area contributed by atoms with Crippen LogP contribution >= 0.6 is 0 Å². The molecule has 1 N–H and O–H groups in total. The fourth-order valence-corrected chi connectivity index (χ4v) is 3.01. The molecule has 1 aliphatic rings. The number of ketones is 1. The lowest BCUT2D eigenvalue weighted by atomic mass is 10.0. The number of amides is 2. The van der Waals surface area contributed by atoms with E-state index in [0.29, 0.717) is 38.1 Å². The van der Waals surface area contributed by atoms with Crippen LogP contribution in [0, 0.1) is 13.8 Å². The van der Waals surface area contributed by atoms with Gasteiger partial charge in [-0.15, -0.1) is 0 Å². The van der Waals surface area contributed by atoms with E-state index in [0.717, 1.165) is 11.1 Å². The zero-order valence-electron chi connectivity index (χ0n) is 15.8. The average Bonchev–Trinajstić information content (AvgIpc) is 2.62. The van der Waals surface area contributed by atoms with Crippen LogP contribution in [-0.2, 0) is 9.53 Å². The van der Waals surface area contributed by atoms with Crippen LogP contribution in [0.25, 0.3) is 0 Å². The van der Waals surface area contributed by atoms with E-state index in [4.69, 9.17) is 4.74 Å². The smallest absolute Gasteiger partial charge is 0.409 e. The number of Topliss-reactive ketones (excluding diaryl/α,β-unsaturated/α-hetero) is 1. The van der Waals surface area contributed by atoms with Gasteiger partial charge in [0.2, 0.25) is 5.91 Å². The third-order valence-corrected chi connectivity index (χ3v) is 4.79. The van der Waals surface area contributed by atoms with E-state index in [1.165, 1.54) is 0 Å². The Hall–Kier alpha value is -2.37. The molecule has 0 spiro atoms. The Morgan fingerprint density at radius 2 is 1.81 bits per heavy atom. The second kappa shape index (κ2) is 9.36. The van der Waals surface area contributed by atoms with E-state index in [-0.39, 0.29) is 36.7 Å². The van der Waals surface area contributed by atoms with Crippen molar-refractivity contribution < 1.29 is 19.1 Å². The van der Waals surface area contributed by atoms with Crippen LogP contribution in [0.4, 0.5) is 4.79 Å². The molecule has 6 nitrogen and oxygen atoms in total. The van der Waals surface area contributed by atoms with Crippen LogP contribution in [0.1, 0.15) is 54.1 Å². The van der Waals surface area contributed by atoms with Crippen molar-refractivity contribution in [2.24, 2.45) is 0 Å². The lowest BCUT2D eigenvalue weighted by Gasteiger charge is -2.31. The number of carbonyl (C=O) groups is 3. The summed E-state index contributed by atoms with van der Waals surface area (Å²) in [6, 6.07) is 5.67. The molecule has 142 valence electrons. The van der Waals surface area contributed by atoms with Gasteiger partial charge >= 0.3 is 6.09 Å². The van der Waals surface area contributed by atoms with Gasteiger partial charge in [-0.3, -0.25) is 9.59 Å². The molecular weight excluding hydrogens is 332 g/mol. The largest absolute Gasteiger partial charge is 0.450 e. The molecule has 1 heterocycles. The summed E-state index contributed by atoms with van der Waals surface area (Å²) in [5.41, 5.74) is 2.88. The van der Waals surface area contributed by atoms with Crippen molar-refractivity contribution >= 4 is 17.8 Å². The lowest BCUT2D eigenvalue weighted by Crippen LogP contribution is -2.46. The van der Waals surface area contributed by atoms with Gasteiger partial charge in [0.15, 0.2) is 5.78 Å². The first-order valence-electron chi connectivity index (χ1n) is 9.22. The normalized spacial score (nSPS) is 14.8. The number of benzene rings is 1. The highest BCUT2D eigenvalue weighted by Gasteiger charge is 2.24. The highest BCUT2D eigenvalue weighted by molar-refractivity contribution is 5.98. The van der Waals surface area contributed by atoms with Gasteiger partial charge < -0.3 is 15.0 Å². The molecule has 0 saturated carbocycles. The molecule has 1 aromatic carbocycles. The fraction of sp³-hybridized carbons (Fsp3) is 0.550. The van der Waals surface area contributed by atoms with Gasteiger partial charge in [0.05, 0.1) is 6.61 Å². The number of ether oxygens (including phenoxy) is 1. The van der Waals surface area contributed by atoms with Gasteiger partial charge in [0.1, 0.15) is 0 Å². The van der Waals surface area contributed by atoms with Gasteiger partial charge in [-0.05, 0) is 50.8 Å². The first-order valence-corrected chi connectivity index (χ1v) is 9.22. The molecule has 1 fully saturated rings. The number of rotatable bonds is 6. The molecule has 1 saturated heterocycles. The highest BCUT2D eigenvalue weighted by atomic mass is 16.6. The van der Waals surface area contributed by atoms with Crippen LogP contribution in [0.3, 0.4) is 0 Å². The topological polar surface area (TPSA) is 75.7 Å². The number of carbonyl (C=O) groups excluding carboxylic acids is 3. The zero-order valence-corrected chi connectivity index (χ0v) is 15.8. The van der Waals surface area contributed by atoms with Gasteiger partial charge in [-0.2, -0.15) is 0 Å². The fourth-order valence-electron chi connectivity index (χ4n) is 3.01. The van der Waals surface area contributed by atoms with E-state index in [2.05, 4.69) is 5.32 Å². The van der Waals surface area contributed by atoms with Gasteiger partial charge in [-0.1, -0.05) is 12.1 Å². The summed E-state index contributed by atoms with van der Waals surface area (Å²) in [5.74, 6) is -0.128. The molecule has 2 amide bonds. The van der Waals surface area contributed by atoms with Crippen molar-refractivity contribution in [2.75, 3.05) is 19.7 Å². The third kappa shape index (κ3) is 5.58. The summed E-state index contributed by atoms with van der Waals surface area (Å²) in [4.78, 5) is 37.7. The maximum absolute atomic E-state index is 12.2. The second-order valence-corrected chi connectivity index (χ2v) is 6.75. The molecule has 0 bridgehead atoms. The molecule has 0 atom stereocenters. The number of likely N-dealkylation sites (tertiary alicyclic amines) is 1. The van der Waals surface area contributed by atoms with E-state index < -0.39 is 0 Å². The Labute approximate surface area is 154 Å². The number of hydrogen-bond acceptors (Lipinski definition) is 4. The van der Waals surface area contributed by atoms with Crippen molar-refractivity contribution in [3.63, 3.8) is 0 Å². The van der Waals surface area contributed by atoms with E-state index >= 15 is 0 Å². The second-order valence-electron chi connectivity index (χ2n) is 6.75. The molecule has 1 aromatic rings. The predicted molar refractivity (Wildman–Crippen MR) is 99.2 cm³/mol. The minimum Gasteiger partial charge on any atom is -0.450 e. The van der Waals surface area contributed by atoms with Crippen LogP contribution in [0.2, 0.25) is 0 Å². The Morgan fingerprint density at radius 3 is 2.42 bits per heavy atom. The van der Waals surface area contributed by atoms with E-state index in [1.54, 1.807) is 11.8 Å². The summed E-state index contributed by atoms with van der Waals surface area (Å²) in [7, 11) is 0. The molecular formula is C20H28N2O4. The third-order valence-electron chi connectivity index (χ3n) is 4.79. The molecule has 0 unspecified atom stereocenters. The maximum Gasteiger partial charge on any atom is 0.409 e. The number of piperidine rings is 1. The first kappa shape index (κ1) is 19.9. The summed E-state index contributed by atoms with van der Waals surface area (Å²) >= 11 is 0. The monoisotopic (exact) mass is 360 g/mol. The van der Waals surface area contributed by atoms with Crippen LogP contribution in [-0.4, -0.2) is 48.4 Å². The predicted octanol–water partition coefficient (Wildman–Crippen LogP) is 3.00. The summed E-state index contributed by atoms with van der Waals surface area (Å²) in [5, 5.41) is 2.97. The first-order chi connectivity index (χ1) is 12.4. The van der Waals surface area contributed by atoms with Crippen LogP contribution in [0.15, 0.2) is 18.2 Å². The number of hydrogen-bond donors (Lipinski definition) is 1. The van der Waals surface area contributed by atoms with E-state index in [1.807, 2.05) is 32.0 Å². The average molecular weight is 360 g/mol. The molecule has 0 aliphatic carbocycles. The maximum atomic E-state index is 12.2. The van der Waals surface area contributed by atoms with Gasteiger partial charge in [0.25, 0.3) is 0 Å². The van der Waals surface area contributed by atoms with Crippen molar-refractivity contribution in [3.05, 3.63) is 34.9 Å². The molecule has 6 heteroatoms. The number of nitrogens with one attached hydrogen (secondary N) is 1. The van der Waals surface area contributed by atoms with Crippen molar-refractivity contribution in [3.8, 4) is 0 Å². The SMILES string of the molecule is CCOC(=O)N1CCC(NC(=O)CCC(=O)c2ccc(C)c(C)c2)CC1. The Morgan fingerprint density at radius 1 is 1.12 bits per heavy atom. The number of aryl methyl sites for hydroxylation is 2. The lowest BCUT2D eigenvalue weighted by molar-refractivity contribution is -0.122. The molecule has 2 rings (SSSR count). The Kier molecular flexibility index (Phi) is 7.18. The molecule has 26 heavy (non-hydrogen) atoms. The van der Waals surface area contributed by atoms with Crippen molar-refractivity contribution in [1.29, 1.82) is 0 Å². The minimum absolute atomic E-state index is 0.0135. The molecule has 0 radical (unpaired) electrons. The summed E-state index contributed by atoms with van der Waals surface area (Å²) < 4.78 is 4.98. The quantitative estimate of drug-likeness (QED) is 0.791. The van der Waals surface area contributed by atoms with E-state index in [9.17, 15) is 14.4 Å². The zero-order chi connectivity index (χ0) is 19.1. The van der Waals surface area contributed by atoms with Crippen molar-refractivity contribution in [2.45, 2.75) is 52.5 Å². The van der Waals surface area contributed by atoms with Crippen molar-refractivity contribution in [1.82, 2.24) is 10.2 Å².